The van der Waals surface area contributed by atoms with E-state index in [2.05, 4.69) is 34.7 Å². The average Bonchev–Trinajstić information content (AvgIpc) is 2.53. The number of carbonyl (C=O) groups excluding carboxylic acids is 1. The molecule has 0 saturated carbocycles. The number of carbonyl (C=O) groups is 1. The van der Waals surface area contributed by atoms with E-state index in [1.807, 2.05) is 18.2 Å². The van der Waals surface area contributed by atoms with Gasteiger partial charge in [0.15, 0.2) is 0 Å². The van der Waals surface area contributed by atoms with E-state index in [4.69, 9.17) is 0 Å². The van der Waals surface area contributed by atoms with Crippen LogP contribution in [0.15, 0.2) is 30.3 Å². The monoisotopic (exact) mass is 275 g/mol. The molecule has 1 heterocycles. The molecule has 2 N–H and O–H groups in total. The first-order valence-corrected chi connectivity index (χ1v) is 7.52. The Morgan fingerprint density at radius 2 is 2.20 bits per heavy atom. The van der Waals surface area contributed by atoms with Crippen LogP contribution in [0.1, 0.15) is 19.3 Å². The SMILES string of the molecule is CN(CCCNC(=O)[C@H]1CCCNC1)c1ccccc1. The van der Waals surface area contributed by atoms with Gasteiger partial charge in [-0.1, -0.05) is 18.2 Å². The number of piperidine rings is 1. The highest BCUT2D eigenvalue weighted by Crippen LogP contribution is 2.11. The lowest BCUT2D eigenvalue weighted by Gasteiger charge is -2.22. The third-order valence-electron chi connectivity index (χ3n) is 3.83. The number of amides is 1. The van der Waals surface area contributed by atoms with Crippen molar-refractivity contribution in [2.45, 2.75) is 19.3 Å². The van der Waals surface area contributed by atoms with Gasteiger partial charge in [-0.25, -0.2) is 0 Å². The second kappa shape index (κ2) is 7.90. The summed E-state index contributed by atoms with van der Waals surface area (Å²) >= 11 is 0. The van der Waals surface area contributed by atoms with Crippen molar-refractivity contribution in [2.24, 2.45) is 5.92 Å². The number of anilines is 1. The van der Waals surface area contributed by atoms with Gasteiger partial charge in [0.2, 0.25) is 5.91 Å². The van der Waals surface area contributed by atoms with E-state index in [0.29, 0.717) is 0 Å². The summed E-state index contributed by atoms with van der Waals surface area (Å²) < 4.78 is 0. The van der Waals surface area contributed by atoms with Gasteiger partial charge in [-0.3, -0.25) is 4.79 Å². The van der Waals surface area contributed by atoms with E-state index in [0.717, 1.165) is 45.4 Å². The number of hydrogen-bond acceptors (Lipinski definition) is 3. The third kappa shape index (κ3) is 4.53. The molecule has 20 heavy (non-hydrogen) atoms. The van der Waals surface area contributed by atoms with E-state index in [-0.39, 0.29) is 11.8 Å². The summed E-state index contributed by atoms with van der Waals surface area (Å²) in [6.45, 7) is 3.58. The molecular weight excluding hydrogens is 250 g/mol. The predicted octanol–water partition coefficient (Wildman–Crippen LogP) is 1.63. The molecule has 0 aliphatic carbocycles. The van der Waals surface area contributed by atoms with E-state index in [1.54, 1.807) is 0 Å². The molecule has 110 valence electrons. The average molecular weight is 275 g/mol. The summed E-state index contributed by atoms with van der Waals surface area (Å²) in [6.07, 6.45) is 3.09. The van der Waals surface area contributed by atoms with Gasteiger partial charge in [0.1, 0.15) is 0 Å². The Hall–Kier alpha value is -1.55. The first-order valence-electron chi connectivity index (χ1n) is 7.52. The highest BCUT2D eigenvalue weighted by Gasteiger charge is 2.19. The zero-order chi connectivity index (χ0) is 14.2. The summed E-state index contributed by atoms with van der Waals surface area (Å²) in [5.74, 6) is 0.371. The number of benzene rings is 1. The van der Waals surface area contributed by atoms with Gasteiger partial charge >= 0.3 is 0 Å². The molecule has 0 spiro atoms. The Bertz CT molecular complexity index is 401. The van der Waals surface area contributed by atoms with Gasteiger partial charge in [-0.05, 0) is 37.9 Å². The molecule has 4 heteroatoms. The first kappa shape index (κ1) is 14.9. The van der Waals surface area contributed by atoms with Crippen LogP contribution in [-0.4, -0.2) is 39.1 Å². The molecule has 1 aromatic rings. The molecule has 1 saturated heterocycles. The zero-order valence-electron chi connectivity index (χ0n) is 12.3. The second-order valence-corrected chi connectivity index (χ2v) is 5.44. The number of nitrogens with zero attached hydrogens (tertiary/aromatic N) is 1. The Balaban J connectivity index is 1.62. The quantitative estimate of drug-likeness (QED) is 0.776. The number of rotatable bonds is 6. The van der Waals surface area contributed by atoms with Crippen LogP contribution in [0, 0.1) is 5.92 Å². The Kier molecular flexibility index (Phi) is 5.87. The normalized spacial score (nSPS) is 18.6. The Labute approximate surface area is 121 Å². The van der Waals surface area contributed by atoms with Crippen LogP contribution in [-0.2, 0) is 4.79 Å². The Morgan fingerprint density at radius 1 is 1.40 bits per heavy atom. The minimum Gasteiger partial charge on any atom is -0.375 e. The molecule has 2 rings (SSSR count). The van der Waals surface area contributed by atoms with Crippen LogP contribution in [0.4, 0.5) is 5.69 Å². The van der Waals surface area contributed by atoms with Crippen LogP contribution in [0.5, 0.6) is 0 Å². The third-order valence-corrected chi connectivity index (χ3v) is 3.83. The lowest BCUT2D eigenvalue weighted by Crippen LogP contribution is -2.41. The maximum atomic E-state index is 11.9. The zero-order valence-corrected chi connectivity index (χ0v) is 12.3. The molecule has 4 nitrogen and oxygen atoms in total. The van der Waals surface area contributed by atoms with Crippen molar-refractivity contribution < 1.29 is 4.79 Å². The van der Waals surface area contributed by atoms with Crippen molar-refractivity contribution in [1.82, 2.24) is 10.6 Å². The van der Waals surface area contributed by atoms with Gasteiger partial charge in [-0.15, -0.1) is 0 Å². The summed E-state index contributed by atoms with van der Waals surface area (Å²) in [4.78, 5) is 14.2. The highest BCUT2D eigenvalue weighted by atomic mass is 16.1. The summed E-state index contributed by atoms with van der Waals surface area (Å²) in [6, 6.07) is 10.3. The topological polar surface area (TPSA) is 44.4 Å². The molecule has 0 radical (unpaired) electrons. The Morgan fingerprint density at radius 3 is 2.90 bits per heavy atom. The van der Waals surface area contributed by atoms with Crippen LogP contribution in [0.3, 0.4) is 0 Å². The summed E-state index contributed by atoms with van der Waals surface area (Å²) in [5.41, 5.74) is 1.22. The first-order chi connectivity index (χ1) is 9.77. The van der Waals surface area contributed by atoms with Crippen molar-refractivity contribution >= 4 is 11.6 Å². The van der Waals surface area contributed by atoms with Gasteiger partial charge in [-0.2, -0.15) is 0 Å². The van der Waals surface area contributed by atoms with E-state index in [9.17, 15) is 4.79 Å². The van der Waals surface area contributed by atoms with Crippen molar-refractivity contribution in [3.05, 3.63) is 30.3 Å². The van der Waals surface area contributed by atoms with Crippen LogP contribution in [0.25, 0.3) is 0 Å². The fourth-order valence-corrected chi connectivity index (χ4v) is 2.56. The highest BCUT2D eigenvalue weighted by molar-refractivity contribution is 5.78. The van der Waals surface area contributed by atoms with Gasteiger partial charge < -0.3 is 15.5 Å². The lowest BCUT2D eigenvalue weighted by atomic mass is 9.99. The van der Waals surface area contributed by atoms with E-state index in [1.165, 1.54) is 5.69 Å². The summed E-state index contributed by atoms with van der Waals surface area (Å²) in [7, 11) is 2.09. The van der Waals surface area contributed by atoms with E-state index < -0.39 is 0 Å². The van der Waals surface area contributed by atoms with Crippen LogP contribution in [0.2, 0.25) is 0 Å². The van der Waals surface area contributed by atoms with Crippen molar-refractivity contribution in [2.75, 3.05) is 38.1 Å². The molecule has 1 atom stereocenters. The maximum absolute atomic E-state index is 11.9. The molecule has 0 bridgehead atoms. The number of para-hydroxylation sites is 1. The maximum Gasteiger partial charge on any atom is 0.224 e. The fraction of sp³-hybridized carbons (Fsp3) is 0.562. The number of nitrogens with one attached hydrogen (secondary N) is 2. The van der Waals surface area contributed by atoms with Crippen LogP contribution < -0.4 is 15.5 Å². The lowest BCUT2D eigenvalue weighted by molar-refractivity contribution is -0.125. The number of hydrogen-bond donors (Lipinski definition) is 2. The van der Waals surface area contributed by atoms with Crippen LogP contribution >= 0.6 is 0 Å². The molecule has 1 fully saturated rings. The van der Waals surface area contributed by atoms with Crippen molar-refractivity contribution in [1.29, 1.82) is 0 Å². The van der Waals surface area contributed by atoms with Gasteiger partial charge in [0, 0.05) is 32.4 Å². The standard InChI is InChI=1S/C16H25N3O/c1-19(15-8-3-2-4-9-15)12-6-11-18-16(20)14-7-5-10-17-13-14/h2-4,8-9,14,17H,5-7,10-13H2,1H3,(H,18,20)/t14-/m0/s1. The van der Waals surface area contributed by atoms with Crippen molar-refractivity contribution in [3.63, 3.8) is 0 Å². The molecule has 1 aliphatic rings. The fourth-order valence-electron chi connectivity index (χ4n) is 2.56. The molecule has 0 unspecified atom stereocenters. The van der Waals surface area contributed by atoms with Gasteiger partial charge in [0.25, 0.3) is 0 Å². The van der Waals surface area contributed by atoms with Gasteiger partial charge in [0.05, 0.1) is 5.92 Å². The second-order valence-electron chi connectivity index (χ2n) is 5.44. The molecule has 0 aromatic heterocycles. The molecule has 1 aromatic carbocycles. The molecule has 1 amide bonds. The largest absolute Gasteiger partial charge is 0.375 e. The molecule has 1 aliphatic heterocycles. The van der Waals surface area contributed by atoms with Crippen molar-refractivity contribution in [3.8, 4) is 0 Å². The minimum atomic E-state index is 0.163. The molecular formula is C16H25N3O. The van der Waals surface area contributed by atoms with E-state index >= 15 is 0 Å². The summed E-state index contributed by atoms with van der Waals surface area (Å²) in [5, 5.41) is 6.33. The minimum absolute atomic E-state index is 0.163. The predicted molar refractivity (Wildman–Crippen MR) is 82.9 cm³/mol. The smallest absolute Gasteiger partial charge is 0.224 e.